The Hall–Kier alpha value is -2.07. The van der Waals surface area contributed by atoms with Gasteiger partial charge in [-0.25, -0.2) is 9.37 Å². The Labute approximate surface area is 154 Å². The third-order valence-corrected chi connectivity index (χ3v) is 4.93. The normalized spacial score (nSPS) is 10.6. The van der Waals surface area contributed by atoms with Gasteiger partial charge in [-0.15, -0.1) is 0 Å². The highest BCUT2D eigenvalue weighted by molar-refractivity contribution is 14.1. The van der Waals surface area contributed by atoms with Crippen LogP contribution in [0.15, 0.2) is 36.4 Å². The van der Waals surface area contributed by atoms with E-state index in [4.69, 9.17) is 0 Å². The lowest BCUT2D eigenvalue weighted by atomic mass is 10.2. The molecule has 0 spiro atoms. The Morgan fingerprint density at radius 3 is 2.67 bits per heavy atom. The second-order valence-corrected chi connectivity index (χ2v) is 7.15. The summed E-state index contributed by atoms with van der Waals surface area (Å²) < 4.78 is 14.5. The van der Waals surface area contributed by atoms with Crippen molar-refractivity contribution in [3.8, 4) is 0 Å². The van der Waals surface area contributed by atoms with Crippen molar-refractivity contribution in [3.63, 3.8) is 0 Å². The van der Waals surface area contributed by atoms with Gasteiger partial charge in [0.15, 0.2) is 5.13 Å². The number of carbonyl (C=O) groups is 2. The number of benzene rings is 2. The van der Waals surface area contributed by atoms with Crippen LogP contribution in [0.25, 0.3) is 10.2 Å². The molecule has 1 heterocycles. The zero-order valence-corrected chi connectivity index (χ0v) is 15.4. The van der Waals surface area contributed by atoms with E-state index in [1.807, 2.05) is 22.6 Å². The summed E-state index contributed by atoms with van der Waals surface area (Å²) in [6.45, 7) is 1.42. The van der Waals surface area contributed by atoms with Gasteiger partial charge >= 0.3 is 0 Å². The molecule has 0 saturated heterocycles. The monoisotopic (exact) mass is 455 g/mol. The summed E-state index contributed by atoms with van der Waals surface area (Å²) in [6, 6.07) is 9.29. The van der Waals surface area contributed by atoms with Gasteiger partial charge in [-0.2, -0.15) is 0 Å². The van der Waals surface area contributed by atoms with E-state index in [-0.39, 0.29) is 17.6 Å². The van der Waals surface area contributed by atoms with E-state index in [1.54, 1.807) is 18.2 Å². The van der Waals surface area contributed by atoms with E-state index < -0.39 is 0 Å². The van der Waals surface area contributed by atoms with Crippen LogP contribution < -0.4 is 10.6 Å². The lowest BCUT2D eigenvalue weighted by Crippen LogP contribution is -2.13. The molecular weight excluding hydrogens is 444 g/mol. The van der Waals surface area contributed by atoms with Crippen molar-refractivity contribution in [2.24, 2.45) is 0 Å². The quantitative estimate of drug-likeness (QED) is 0.581. The predicted octanol–water partition coefficient (Wildman–Crippen LogP) is 4.25. The molecule has 24 heavy (non-hydrogen) atoms. The molecule has 2 N–H and O–H groups in total. The third kappa shape index (κ3) is 3.70. The first-order valence-electron chi connectivity index (χ1n) is 6.87. The van der Waals surface area contributed by atoms with Crippen LogP contribution >= 0.6 is 33.9 Å². The minimum absolute atomic E-state index is 0.187. The molecule has 122 valence electrons. The van der Waals surface area contributed by atoms with Crippen LogP contribution in [0.5, 0.6) is 0 Å². The number of hydrogen-bond acceptors (Lipinski definition) is 4. The Bertz CT molecular complexity index is 958. The summed E-state index contributed by atoms with van der Waals surface area (Å²) in [4.78, 5) is 27.7. The molecule has 0 fully saturated rings. The zero-order chi connectivity index (χ0) is 17.3. The average Bonchev–Trinajstić information content (AvgIpc) is 2.87. The molecule has 8 heteroatoms. The van der Waals surface area contributed by atoms with Gasteiger partial charge in [-0.3, -0.25) is 9.59 Å². The standard InChI is InChI=1S/C16H11FIN3O2S/c1-8(22)19-16-21-13-5-3-10(7-14(13)24-16)20-15(23)11-4-2-9(17)6-12(11)18/h2-7H,1H3,(H,20,23)(H,19,21,22). The number of carbonyl (C=O) groups excluding carboxylic acids is 2. The zero-order valence-electron chi connectivity index (χ0n) is 12.4. The van der Waals surface area contributed by atoms with Crippen molar-refractivity contribution in [1.29, 1.82) is 0 Å². The number of halogens is 2. The van der Waals surface area contributed by atoms with Crippen LogP contribution in [0.1, 0.15) is 17.3 Å². The molecule has 1 aromatic heterocycles. The first kappa shape index (κ1) is 16.8. The summed E-state index contributed by atoms with van der Waals surface area (Å²) in [7, 11) is 0. The summed E-state index contributed by atoms with van der Waals surface area (Å²) in [5.41, 5.74) is 1.74. The highest BCUT2D eigenvalue weighted by atomic mass is 127. The van der Waals surface area contributed by atoms with Crippen molar-refractivity contribution in [3.05, 3.63) is 51.3 Å². The molecule has 3 rings (SSSR count). The Balaban J connectivity index is 1.84. The topological polar surface area (TPSA) is 71.1 Å². The fraction of sp³-hybridized carbons (Fsp3) is 0.0625. The van der Waals surface area contributed by atoms with Crippen LogP contribution in [-0.4, -0.2) is 16.8 Å². The number of thiazole rings is 1. The number of anilines is 2. The minimum Gasteiger partial charge on any atom is -0.322 e. The van der Waals surface area contributed by atoms with Gasteiger partial charge in [0.25, 0.3) is 5.91 Å². The predicted molar refractivity (Wildman–Crippen MR) is 101 cm³/mol. The molecular formula is C16H11FIN3O2S. The van der Waals surface area contributed by atoms with Crippen LogP contribution in [-0.2, 0) is 4.79 Å². The van der Waals surface area contributed by atoms with Crippen molar-refractivity contribution >= 4 is 66.8 Å². The van der Waals surface area contributed by atoms with Gasteiger partial charge < -0.3 is 10.6 Å². The molecule has 0 atom stereocenters. The maximum Gasteiger partial charge on any atom is 0.256 e. The third-order valence-electron chi connectivity index (χ3n) is 3.11. The number of nitrogens with zero attached hydrogens (tertiary/aromatic N) is 1. The number of aromatic nitrogens is 1. The fourth-order valence-corrected chi connectivity index (χ4v) is 3.75. The van der Waals surface area contributed by atoms with Crippen molar-refractivity contribution in [1.82, 2.24) is 4.98 Å². The highest BCUT2D eigenvalue weighted by Crippen LogP contribution is 2.28. The highest BCUT2D eigenvalue weighted by Gasteiger charge is 2.12. The van der Waals surface area contributed by atoms with Crippen molar-refractivity contribution < 1.29 is 14.0 Å². The van der Waals surface area contributed by atoms with Gasteiger partial charge in [-0.1, -0.05) is 11.3 Å². The number of nitrogens with one attached hydrogen (secondary N) is 2. The maximum atomic E-state index is 13.1. The Morgan fingerprint density at radius 1 is 1.17 bits per heavy atom. The van der Waals surface area contributed by atoms with Crippen LogP contribution in [0.3, 0.4) is 0 Å². The first-order chi connectivity index (χ1) is 11.4. The maximum absolute atomic E-state index is 13.1. The largest absolute Gasteiger partial charge is 0.322 e. The van der Waals surface area contributed by atoms with E-state index >= 15 is 0 Å². The molecule has 0 bridgehead atoms. The Morgan fingerprint density at radius 2 is 1.96 bits per heavy atom. The molecule has 0 unspecified atom stereocenters. The second-order valence-electron chi connectivity index (χ2n) is 4.96. The van der Waals surface area contributed by atoms with Gasteiger partial charge in [0.1, 0.15) is 5.82 Å². The average molecular weight is 455 g/mol. The Kier molecular flexibility index (Phi) is 4.76. The molecule has 5 nitrogen and oxygen atoms in total. The lowest BCUT2D eigenvalue weighted by Gasteiger charge is -2.07. The summed E-state index contributed by atoms with van der Waals surface area (Å²) >= 11 is 3.25. The van der Waals surface area contributed by atoms with Gasteiger partial charge in [-0.05, 0) is 59.0 Å². The first-order valence-corrected chi connectivity index (χ1v) is 8.76. The number of amides is 2. The van der Waals surface area contributed by atoms with Crippen LogP contribution in [0.2, 0.25) is 0 Å². The number of fused-ring (bicyclic) bond motifs is 1. The van der Waals surface area contributed by atoms with Gasteiger partial charge in [0.2, 0.25) is 5.91 Å². The minimum atomic E-state index is -0.382. The molecule has 2 amide bonds. The molecule has 2 aromatic carbocycles. The van der Waals surface area contributed by atoms with E-state index in [1.165, 1.54) is 36.5 Å². The summed E-state index contributed by atoms with van der Waals surface area (Å²) in [5.74, 6) is -0.883. The van der Waals surface area contributed by atoms with Crippen molar-refractivity contribution in [2.45, 2.75) is 6.92 Å². The summed E-state index contributed by atoms with van der Waals surface area (Å²) in [6.07, 6.45) is 0. The van der Waals surface area contributed by atoms with Crippen molar-refractivity contribution in [2.75, 3.05) is 10.6 Å². The molecule has 0 radical (unpaired) electrons. The lowest BCUT2D eigenvalue weighted by molar-refractivity contribution is -0.114. The van der Waals surface area contributed by atoms with E-state index in [0.29, 0.717) is 20.0 Å². The molecule has 3 aromatic rings. The van der Waals surface area contributed by atoms with Gasteiger partial charge in [0, 0.05) is 16.2 Å². The molecule has 0 aliphatic heterocycles. The van der Waals surface area contributed by atoms with E-state index in [0.717, 1.165) is 10.2 Å². The fourth-order valence-electron chi connectivity index (χ4n) is 2.08. The van der Waals surface area contributed by atoms with Crippen LogP contribution in [0, 0.1) is 9.39 Å². The SMILES string of the molecule is CC(=O)Nc1nc2ccc(NC(=O)c3ccc(F)cc3I)cc2s1. The number of hydrogen-bond donors (Lipinski definition) is 2. The second kappa shape index (κ2) is 6.81. The van der Waals surface area contributed by atoms with E-state index in [2.05, 4.69) is 15.6 Å². The number of rotatable bonds is 3. The summed E-state index contributed by atoms with van der Waals surface area (Å²) in [5, 5.41) is 5.93. The smallest absolute Gasteiger partial charge is 0.256 e. The molecule has 0 saturated carbocycles. The molecule has 0 aliphatic rings. The van der Waals surface area contributed by atoms with E-state index in [9.17, 15) is 14.0 Å². The van der Waals surface area contributed by atoms with Gasteiger partial charge in [0.05, 0.1) is 15.8 Å². The van der Waals surface area contributed by atoms with Crippen LogP contribution in [0.4, 0.5) is 15.2 Å². The molecule has 0 aliphatic carbocycles.